The number of β-lactam (4-membered cyclic amide) rings is 1. The van der Waals surface area contributed by atoms with Crippen LogP contribution < -0.4 is 4.74 Å². The number of rotatable bonds is 6. The lowest BCUT2D eigenvalue weighted by Gasteiger charge is -2.34. The highest BCUT2D eigenvalue weighted by atomic mass is 32.2. The molecule has 2 aromatic carbocycles. The Morgan fingerprint density at radius 3 is 2.83 bits per heavy atom. The van der Waals surface area contributed by atoms with Gasteiger partial charge in [-0.2, -0.15) is 0 Å². The first kappa shape index (κ1) is 18.5. The van der Waals surface area contributed by atoms with E-state index in [1.165, 1.54) is 10.3 Å². The maximum Gasteiger partial charge on any atom is 0.353 e. The molecule has 3 aliphatic heterocycles. The monoisotopic (exact) mass is 411 g/mol. The van der Waals surface area contributed by atoms with Gasteiger partial charge in [-0.1, -0.05) is 30.3 Å². The first-order chi connectivity index (χ1) is 14.1. The van der Waals surface area contributed by atoms with Crippen molar-refractivity contribution in [2.24, 2.45) is 0 Å². The van der Waals surface area contributed by atoms with Gasteiger partial charge in [-0.3, -0.25) is 4.79 Å². The topological polar surface area (TPSA) is 76.1 Å². The fourth-order valence-electron chi connectivity index (χ4n) is 4.24. The zero-order chi connectivity index (χ0) is 20.0. The molecule has 3 heterocycles. The van der Waals surface area contributed by atoms with E-state index in [0.717, 1.165) is 22.5 Å². The predicted octanol–water partition coefficient (Wildman–Crippen LogP) is 3.41. The summed E-state index contributed by atoms with van der Waals surface area (Å²) in [5.41, 5.74) is 0.173. The average molecular weight is 411 g/mol. The molecule has 3 aliphatic rings. The van der Waals surface area contributed by atoms with Crippen LogP contribution in [0.25, 0.3) is 10.8 Å². The minimum atomic E-state index is -1.02. The van der Waals surface area contributed by atoms with E-state index >= 15 is 0 Å². The molecule has 3 unspecified atom stereocenters. The Bertz CT molecular complexity index is 1020. The molecule has 1 amide bonds. The SMILES string of the molecule is O=C(O)C1=C(SC2COC(COc3ccc4ccccc4c3)C2)CC2CC(=O)N12. The highest BCUT2D eigenvalue weighted by Gasteiger charge is 2.48. The summed E-state index contributed by atoms with van der Waals surface area (Å²) >= 11 is 1.55. The first-order valence-corrected chi connectivity index (χ1v) is 10.6. The number of benzene rings is 2. The number of carbonyl (C=O) groups excluding carboxylic acids is 1. The Morgan fingerprint density at radius 2 is 2.03 bits per heavy atom. The second-order valence-electron chi connectivity index (χ2n) is 7.65. The van der Waals surface area contributed by atoms with Crippen LogP contribution in [0, 0.1) is 0 Å². The summed E-state index contributed by atoms with van der Waals surface area (Å²) < 4.78 is 11.8. The van der Waals surface area contributed by atoms with Crippen molar-refractivity contribution in [3.05, 3.63) is 53.1 Å². The van der Waals surface area contributed by atoms with Crippen molar-refractivity contribution < 1.29 is 24.2 Å². The molecule has 6 nitrogen and oxygen atoms in total. The highest BCUT2D eigenvalue weighted by molar-refractivity contribution is 8.03. The molecule has 2 saturated heterocycles. The fourth-order valence-corrected chi connectivity index (χ4v) is 5.69. The summed E-state index contributed by atoms with van der Waals surface area (Å²) in [6.45, 7) is 1.03. The van der Waals surface area contributed by atoms with E-state index in [-0.39, 0.29) is 29.0 Å². The van der Waals surface area contributed by atoms with Crippen molar-refractivity contribution >= 4 is 34.4 Å². The standard InChI is InChI=1S/C22H21NO5S/c24-20-9-15-8-19(21(22(25)26)23(15)20)29-18-10-17(28-12-18)11-27-16-6-5-13-3-1-2-4-14(13)7-16/h1-7,15,17-18H,8-12H2,(H,25,26). The van der Waals surface area contributed by atoms with Gasteiger partial charge >= 0.3 is 5.97 Å². The lowest BCUT2D eigenvalue weighted by molar-refractivity contribution is -0.147. The molecule has 3 atom stereocenters. The summed E-state index contributed by atoms with van der Waals surface area (Å²) in [6, 6.07) is 14.2. The quantitative estimate of drug-likeness (QED) is 0.734. The Hall–Kier alpha value is -2.51. The van der Waals surface area contributed by atoms with Crippen LogP contribution in [0.3, 0.4) is 0 Å². The number of ether oxygens (including phenoxy) is 2. The van der Waals surface area contributed by atoms with E-state index < -0.39 is 5.97 Å². The Morgan fingerprint density at radius 1 is 1.21 bits per heavy atom. The number of aliphatic carboxylic acids is 1. The van der Waals surface area contributed by atoms with E-state index in [4.69, 9.17) is 9.47 Å². The third-order valence-electron chi connectivity index (χ3n) is 5.68. The lowest BCUT2D eigenvalue weighted by atomic mass is 10.0. The van der Waals surface area contributed by atoms with Gasteiger partial charge < -0.3 is 19.5 Å². The van der Waals surface area contributed by atoms with Crippen LogP contribution in [-0.2, 0) is 14.3 Å². The molecule has 150 valence electrons. The van der Waals surface area contributed by atoms with Gasteiger partial charge in [0.15, 0.2) is 0 Å². The molecular weight excluding hydrogens is 390 g/mol. The zero-order valence-electron chi connectivity index (χ0n) is 15.7. The number of carboxylic acid groups (broad SMARTS) is 1. The molecule has 2 aromatic rings. The number of fused-ring (bicyclic) bond motifs is 2. The molecule has 0 spiro atoms. The van der Waals surface area contributed by atoms with Crippen LogP contribution >= 0.6 is 11.8 Å². The van der Waals surface area contributed by atoms with Crippen LogP contribution in [0.4, 0.5) is 0 Å². The number of carboxylic acids is 1. The maximum atomic E-state index is 11.7. The fraction of sp³-hybridized carbons (Fsp3) is 0.364. The average Bonchev–Trinajstić information content (AvgIpc) is 3.28. The van der Waals surface area contributed by atoms with Crippen LogP contribution in [0.1, 0.15) is 19.3 Å². The smallest absolute Gasteiger partial charge is 0.353 e. The molecule has 0 saturated carbocycles. The van der Waals surface area contributed by atoms with Gasteiger partial charge in [0.05, 0.1) is 18.8 Å². The molecule has 1 N–H and O–H groups in total. The van der Waals surface area contributed by atoms with Crippen molar-refractivity contribution in [2.45, 2.75) is 36.7 Å². The molecular formula is C22H21NO5S. The van der Waals surface area contributed by atoms with E-state index in [9.17, 15) is 14.7 Å². The predicted molar refractivity (Wildman–Crippen MR) is 110 cm³/mol. The van der Waals surface area contributed by atoms with Gasteiger partial charge in [-0.05, 0) is 29.3 Å². The summed E-state index contributed by atoms with van der Waals surface area (Å²) in [5, 5.41) is 12.0. The molecule has 0 aromatic heterocycles. The Kier molecular flexibility index (Phi) is 4.72. The molecule has 0 aliphatic carbocycles. The number of nitrogens with zero attached hydrogens (tertiary/aromatic N) is 1. The zero-order valence-corrected chi connectivity index (χ0v) is 16.6. The van der Waals surface area contributed by atoms with Crippen LogP contribution in [0.5, 0.6) is 5.75 Å². The summed E-state index contributed by atoms with van der Waals surface area (Å²) in [7, 11) is 0. The van der Waals surface area contributed by atoms with Crippen LogP contribution in [-0.4, -0.2) is 52.5 Å². The third kappa shape index (κ3) is 3.49. The molecule has 7 heteroatoms. The lowest BCUT2D eigenvalue weighted by Crippen LogP contribution is -2.49. The Balaban J connectivity index is 1.19. The van der Waals surface area contributed by atoms with Gasteiger partial charge in [0.2, 0.25) is 5.91 Å². The summed E-state index contributed by atoms with van der Waals surface area (Å²) in [4.78, 5) is 25.6. The molecule has 0 bridgehead atoms. The molecule has 5 rings (SSSR count). The minimum Gasteiger partial charge on any atom is -0.491 e. The van der Waals surface area contributed by atoms with Gasteiger partial charge in [0.1, 0.15) is 18.1 Å². The third-order valence-corrected chi connectivity index (χ3v) is 6.99. The van der Waals surface area contributed by atoms with Crippen molar-refractivity contribution in [2.75, 3.05) is 13.2 Å². The Labute approximate surface area is 172 Å². The van der Waals surface area contributed by atoms with Gasteiger partial charge in [0.25, 0.3) is 0 Å². The van der Waals surface area contributed by atoms with E-state index in [0.29, 0.717) is 26.1 Å². The van der Waals surface area contributed by atoms with E-state index in [2.05, 4.69) is 12.1 Å². The maximum absolute atomic E-state index is 11.7. The summed E-state index contributed by atoms with van der Waals surface area (Å²) in [6.07, 6.45) is 1.87. The highest BCUT2D eigenvalue weighted by Crippen LogP contribution is 2.45. The second kappa shape index (κ2) is 7.39. The number of hydrogen-bond acceptors (Lipinski definition) is 5. The number of amides is 1. The van der Waals surface area contributed by atoms with E-state index in [1.54, 1.807) is 11.8 Å². The number of carbonyl (C=O) groups is 2. The van der Waals surface area contributed by atoms with Crippen molar-refractivity contribution in [1.82, 2.24) is 4.90 Å². The van der Waals surface area contributed by atoms with Gasteiger partial charge in [0, 0.05) is 23.0 Å². The number of thioether (sulfide) groups is 1. The molecule has 29 heavy (non-hydrogen) atoms. The van der Waals surface area contributed by atoms with Gasteiger partial charge in [-0.25, -0.2) is 4.79 Å². The van der Waals surface area contributed by atoms with Crippen molar-refractivity contribution in [3.8, 4) is 5.75 Å². The van der Waals surface area contributed by atoms with Crippen molar-refractivity contribution in [3.63, 3.8) is 0 Å². The summed E-state index contributed by atoms with van der Waals surface area (Å²) in [5.74, 6) is -0.288. The van der Waals surface area contributed by atoms with Gasteiger partial charge in [-0.15, -0.1) is 11.8 Å². The number of hydrogen-bond donors (Lipinski definition) is 1. The van der Waals surface area contributed by atoms with Crippen molar-refractivity contribution in [1.29, 1.82) is 0 Å². The van der Waals surface area contributed by atoms with Crippen LogP contribution in [0.2, 0.25) is 0 Å². The van der Waals surface area contributed by atoms with E-state index in [1.807, 2.05) is 30.3 Å². The second-order valence-corrected chi connectivity index (χ2v) is 9.05. The largest absolute Gasteiger partial charge is 0.491 e. The van der Waals surface area contributed by atoms with Crippen LogP contribution in [0.15, 0.2) is 53.1 Å². The molecule has 2 fully saturated rings. The minimum absolute atomic E-state index is 0.0205. The molecule has 0 radical (unpaired) electrons. The normalized spacial score (nSPS) is 26.0. The first-order valence-electron chi connectivity index (χ1n) is 9.77.